The van der Waals surface area contributed by atoms with Crippen molar-refractivity contribution < 1.29 is 8.78 Å². The number of nitrogen functional groups attached to an aromatic ring is 1. The van der Waals surface area contributed by atoms with Gasteiger partial charge in [0.05, 0.1) is 0 Å². The molecule has 1 aromatic heterocycles. The third kappa shape index (κ3) is 2.13. The monoisotopic (exact) mass is 237 g/mol. The average molecular weight is 237 g/mol. The van der Waals surface area contributed by atoms with Crippen molar-refractivity contribution in [1.29, 1.82) is 0 Å². The second kappa shape index (κ2) is 4.53. The number of hydrogen-bond donors (Lipinski definition) is 1. The van der Waals surface area contributed by atoms with Crippen molar-refractivity contribution in [3.8, 4) is 5.69 Å². The summed E-state index contributed by atoms with van der Waals surface area (Å²) in [6.07, 6.45) is 4.59. The summed E-state index contributed by atoms with van der Waals surface area (Å²) in [6, 6.07) is 2.21. The number of hydrogen-bond acceptors (Lipinski definition) is 2. The molecule has 0 saturated heterocycles. The van der Waals surface area contributed by atoms with Gasteiger partial charge in [0.15, 0.2) is 11.6 Å². The second-order valence-electron chi connectivity index (χ2n) is 3.80. The molecule has 3 nitrogen and oxygen atoms in total. The van der Waals surface area contributed by atoms with Crippen LogP contribution in [0.3, 0.4) is 0 Å². The molecule has 2 rings (SSSR count). The molecule has 0 unspecified atom stereocenters. The topological polar surface area (TPSA) is 43.8 Å². The third-order valence-corrected chi connectivity index (χ3v) is 2.47. The molecule has 0 radical (unpaired) electrons. The summed E-state index contributed by atoms with van der Waals surface area (Å²) >= 11 is 0. The Morgan fingerprint density at radius 1 is 1.29 bits per heavy atom. The summed E-state index contributed by atoms with van der Waals surface area (Å²) in [5, 5.41) is 0. The predicted octanol–water partition coefficient (Wildman–Crippen LogP) is 2.69. The van der Waals surface area contributed by atoms with Crippen molar-refractivity contribution in [3.05, 3.63) is 42.0 Å². The fourth-order valence-corrected chi connectivity index (χ4v) is 1.76. The summed E-state index contributed by atoms with van der Waals surface area (Å²) < 4.78 is 28.9. The number of nitrogens with zero attached hydrogens (tertiary/aromatic N) is 2. The van der Waals surface area contributed by atoms with Crippen LogP contribution in [0.1, 0.15) is 19.2 Å². The number of aryl methyl sites for hydroxylation is 1. The van der Waals surface area contributed by atoms with E-state index >= 15 is 0 Å². The van der Waals surface area contributed by atoms with Crippen LogP contribution in [0.5, 0.6) is 0 Å². The van der Waals surface area contributed by atoms with Gasteiger partial charge >= 0.3 is 0 Å². The quantitative estimate of drug-likeness (QED) is 0.834. The molecule has 0 aliphatic heterocycles. The van der Waals surface area contributed by atoms with Gasteiger partial charge in [0, 0.05) is 24.5 Å². The normalized spacial score (nSPS) is 10.8. The molecule has 0 saturated carbocycles. The highest BCUT2D eigenvalue weighted by molar-refractivity contribution is 5.48. The van der Waals surface area contributed by atoms with Crippen LogP contribution in [0.15, 0.2) is 24.5 Å². The van der Waals surface area contributed by atoms with E-state index in [-0.39, 0.29) is 11.4 Å². The molecule has 0 fully saturated rings. The minimum atomic E-state index is -0.683. The highest BCUT2D eigenvalue weighted by Crippen LogP contribution is 2.22. The van der Waals surface area contributed by atoms with E-state index in [0.29, 0.717) is 12.2 Å². The van der Waals surface area contributed by atoms with Gasteiger partial charge in [0.2, 0.25) is 0 Å². The van der Waals surface area contributed by atoms with Crippen molar-refractivity contribution >= 4 is 5.69 Å². The first kappa shape index (κ1) is 11.6. The van der Waals surface area contributed by atoms with E-state index in [0.717, 1.165) is 18.6 Å². The predicted molar refractivity (Wildman–Crippen MR) is 61.9 cm³/mol. The Bertz CT molecular complexity index is 511. The molecular weight excluding hydrogens is 224 g/mol. The lowest BCUT2D eigenvalue weighted by Crippen LogP contribution is -2.06. The largest absolute Gasteiger partial charge is 0.399 e. The van der Waals surface area contributed by atoms with Crippen LogP contribution in [0, 0.1) is 11.6 Å². The van der Waals surface area contributed by atoms with Gasteiger partial charge in [-0.2, -0.15) is 0 Å². The van der Waals surface area contributed by atoms with Crippen molar-refractivity contribution in [2.75, 3.05) is 5.73 Å². The lowest BCUT2D eigenvalue weighted by Gasteiger charge is -2.10. The van der Waals surface area contributed by atoms with Crippen LogP contribution < -0.4 is 5.73 Å². The Morgan fingerprint density at radius 2 is 1.94 bits per heavy atom. The molecule has 2 aromatic rings. The van der Waals surface area contributed by atoms with Crippen LogP contribution in [-0.2, 0) is 6.42 Å². The number of nitrogens with two attached hydrogens (primary N) is 1. The van der Waals surface area contributed by atoms with Gasteiger partial charge < -0.3 is 5.73 Å². The van der Waals surface area contributed by atoms with Gasteiger partial charge in [0.25, 0.3) is 0 Å². The Kier molecular flexibility index (Phi) is 3.08. The molecule has 1 aromatic carbocycles. The maximum atomic E-state index is 13.7. The molecule has 1 heterocycles. The van der Waals surface area contributed by atoms with E-state index in [1.807, 2.05) is 6.92 Å². The SMILES string of the molecule is CCCc1nccn1-c1c(F)cc(N)cc1F. The number of aromatic nitrogens is 2. The summed E-state index contributed by atoms with van der Waals surface area (Å²) in [7, 11) is 0. The summed E-state index contributed by atoms with van der Waals surface area (Å²) in [5.41, 5.74) is 5.32. The van der Waals surface area contributed by atoms with Crippen LogP contribution in [0.2, 0.25) is 0 Å². The Balaban J connectivity index is 2.56. The molecule has 2 N–H and O–H groups in total. The van der Waals surface area contributed by atoms with Crippen molar-refractivity contribution in [2.45, 2.75) is 19.8 Å². The summed E-state index contributed by atoms with van der Waals surface area (Å²) in [5.74, 6) is -0.731. The number of rotatable bonds is 3. The zero-order valence-corrected chi connectivity index (χ0v) is 9.45. The fraction of sp³-hybridized carbons (Fsp3) is 0.250. The van der Waals surface area contributed by atoms with Gasteiger partial charge in [-0.1, -0.05) is 6.92 Å². The summed E-state index contributed by atoms with van der Waals surface area (Å²) in [6.45, 7) is 1.98. The van der Waals surface area contributed by atoms with Crippen molar-refractivity contribution in [1.82, 2.24) is 9.55 Å². The first-order valence-corrected chi connectivity index (χ1v) is 5.40. The van der Waals surface area contributed by atoms with Gasteiger partial charge in [-0.15, -0.1) is 0 Å². The van der Waals surface area contributed by atoms with Crippen LogP contribution in [-0.4, -0.2) is 9.55 Å². The maximum Gasteiger partial charge on any atom is 0.152 e. The van der Waals surface area contributed by atoms with E-state index < -0.39 is 11.6 Å². The average Bonchev–Trinajstić information content (AvgIpc) is 2.65. The standard InChI is InChI=1S/C12H13F2N3/c1-2-3-11-16-4-5-17(11)12-9(13)6-8(15)7-10(12)14/h4-7H,2-3,15H2,1H3. The van der Waals surface area contributed by atoms with Gasteiger partial charge in [-0.25, -0.2) is 13.8 Å². The number of imidazole rings is 1. The van der Waals surface area contributed by atoms with Gasteiger partial charge in [0.1, 0.15) is 11.5 Å². The Labute approximate surface area is 97.9 Å². The minimum Gasteiger partial charge on any atom is -0.399 e. The first-order valence-electron chi connectivity index (χ1n) is 5.40. The highest BCUT2D eigenvalue weighted by atomic mass is 19.1. The first-order chi connectivity index (χ1) is 8.13. The summed E-state index contributed by atoms with van der Waals surface area (Å²) in [4.78, 5) is 4.09. The van der Waals surface area contributed by atoms with Crippen molar-refractivity contribution in [3.63, 3.8) is 0 Å². The van der Waals surface area contributed by atoms with Crippen LogP contribution >= 0.6 is 0 Å². The van der Waals surface area contributed by atoms with E-state index in [9.17, 15) is 8.78 Å². The molecule has 0 bridgehead atoms. The third-order valence-electron chi connectivity index (χ3n) is 2.47. The zero-order valence-electron chi connectivity index (χ0n) is 9.45. The zero-order chi connectivity index (χ0) is 12.4. The lowest BCUT2D eigenvalue weighted by molar-refractivity contribution is 0.566. The van der Waals surface area contributed by atoms with E-state index in [1.54, 1.807) is 6.20 Å². The molecule has 0 spiro atoms. The molecular formula is C12H13F2N3. The van der Waals surface area contributed by atoms with Crippen molar-refractivity contribution in [2.24, 2.45) is 0 Å². The van der Waals surface area contributed by atoms with E-state index in [1.165, 1.54) is 10.8 Å². The molecule has 0 atom stereocenters. The maximum absolute atomic E-state index is 13.7. The van der Waals surface area contributed by atoms with Gasteiger partial charge in [-0.05, 0) is 18.6 Å². The molecule has 5 heteroatoms. The van der Waals surface area contributed by atoms with Crippen LogP contribution in [0.4, 0.5) is 14.5 Å². The van der Waals surface area contributed by atoms with E-state index in [4.69, 9.17) is 5.73 Å². The smallest absolute Gasteiger partial charge is 0.152 e. The van der Waals surface area contributed by atoms with Crippen LogP contribution in [0.25, 0.3) is 5.69 Å². The fourth-order valence-electron chi connectivity index (χ4n) is 1.76. The second-order valence-corrected chi connectivity index (χ2v) is 3.80. The molecule has 17 heavy (non-hydrogen) atoms. The minimum absolute atomic E-state index is 0.0703. The molecule has 0 amide bonds. The Hall–Kier alpha value is -1.91. The molecule has 0 aliphatic rings. The molecule has 90 valence electrons. The molecule has 0 aliphatic carbocycles. The number of halogens is 2. The highest BCUT2D eigenvalue weighted by Gasteiger charge is 2.14. The Morgan fingerprint density at radius 3 is 2.53 bits per heavy atom. The number of benzene rings is 1. The van der Waals surface area contributed by atoms with Gasteiger partial charge in [-0.3, -0.25) is 4.57 Å². The lowest BCUT2D eigenvalue weighted by atomic mass is 10.2. The van der Waals surface area contributed by atoms with E-state index in [2.05, 4.69) is 4.98 Å². The number of anilines is 1.